The average molecular weight is 252 g/mol. The second kappa shape index (κ2) is 4.90. The molecule has 18 heavy (non-hydrogen) atoms. The van der Waals surface area contributed by atoms with Crippen LogP contribution in [0.4, 0.5) is 0 Å². The molecule has 1 aliphatic carbocycles. The number of carbonyl (C=O) groups excluding carboxylic acids is 2. The Bertz CT molecular complexity index is 342. The van der Waals surface area contributed by atoms with Crippen molar-refractivity contribution in [2.45, 2.75) is 65.0 Å². The first kappa shape index (κ1) is 13.4. The van der Waals surface area contributed by atoms with E-state index in [1.165, 1.54) is 0 Å². The van der Waals surface area contributed by atoms with E-state index in [2.05, 4.69) is 26.1 Å². The van der Waals surface area contributed by atoms with Crippen molar-refractivity contribution in [3.8, 4) is 0 Å². The van der Waals surface area contributed by atoms with Gasteiger partial charge in [0.1, 0.15) is 6.04 Å². The van der Waals surface area contributed by atoms with Crippen molar-refractivity contribution in [2.75, 3.05) is 6.54 Å². The predicted molar refractivity (Wildman–Crippen MR) is 70.0 cm³/mol. The number of nitrogens with zero attached hydrogens (tertiary/aromatic N) is 1. The van der Waals surface area contributed by atoms with Gasteiger partial charge >= 0.3 is 0 Å². The van der Waals surface area contributed by atoms with Crippen LogP contribution in [0.25, 0.3) is 0 Å². The number of hydrogen-bond donors (Lipinski definition) is 1. The molecule has 1 saturated heterocycles. The van der Waals surface area contributed by atoms with Crippen molar-refractivity contribution < 1.29 is 9.59 Å². The van der Waals surface area contributed by atoms with Gasteiger partial charge in [0.15, 0.2) is 0 Å². The van der Waals surface area contributed by atoms with Crippen LogP contribution in [0.15, 0.2) is 0 Å². The molecule has 0 aromatic carbocycles. The third-order valence-electron chi connectivity index (χ3n) is 3.48. The Morgan fingerprint density at radius 1 is 1.22 bits per heavy atom. The maximum absolute atomic E-state index is 12.2. The minimum absolute atomic E-state index is 0.0167. The van der Waals surface area contributed by atoms with Crippen molar-refractivity contribution >= 4 is 11.8 Å². The SMILES string of the molecule is CC(C)(C)CC(=O)N1CCCC1C(=O)NC1CC1. The highest BCUT2D eigenvalue weighted by Crippen LogP contribution is 2.26. The molecule has 2 fully saturated rings. The van der Waals surface area contributed by atoms with Gasteiger partial charge in [0, 0.05) is 19.0 Å². The average Bonchev–Trinajstić information content (AvgIpc) is 2.90. The molecule has 4 heteroatoms. The van der Waals surface area contributed by atoms with Crippen LogP contribution in [0.2, 0.25) is 0 Å². The van der Waals surface area contributed by atoms with E-state index in [4.69, 9.17) is 0 Å². The van der Waals surface area contributed by atoms with Crippen LogP contribution in [0.1, 0.15) is 52.9 Å². The van der Waals surface area contributed by atoms with Crippen LogP contribution < -0.4 is 5.32 Å². The van der Waals surface area contributed by atoms with E-state index in [9.17, 15) is 9.59 Å². The standard InChI is InChI=1S/C14H24N2O2/c1-14(2,3)9-12(17)16-8-4-5-11(16)13(18)15-10-6-7-10/h10-11H,4-9H2,1-3H3,(H,15,18). The van der Waals surface area contributed by atoms with Gasteiger partial charge in [-0.3, -0.25) is 9.59 Å². The van der Waals surface area contributed by atoms with Gasteiger partial charge in [0.25, 0.3) is 0 Å². The van der Waals surface area contributed by atoms with Crippen LogP contribution in [-0.4, -0.2) is 35.3 Å². The molecule has 0 bridgehead atoms. The van der Waals surface area contributed by atoms with Crippen molar-refractivity contribution in [2.24, 2.45) is 5.41 Å². The summed E-state index contributed by atoms with van der Waals surface area (Å²) in [4.78, 5) is 26.1. The van der Waals surface area contributed by atoms with Crippen molar-refractivity contribution in [1.82, 2.24) is 10.2 Å². The molecule has 0 spiro atoms. The Morgan fingerprint density at radius 3 is 2.44 bits per heavy atom. The summed E-state index contributed by atoms with van der Waals surface area (Å²) in [5.41, 5.74) is -0.0167. The summed E-state index contributed by atoms with van der Waals surface area (Å²) in [5, 5.41) is 3.01. The number of carbonyl (C=O) groups is 2. The highest BCUT2D eigenvalue weighted by atomic mass is 16.2. The fourth-order valence-electron chi connectivity index (χ4n) is 2.42. The predicted octanol–water partition coefficient (Wildman–Crippen LogP) is 1.69. The molecule has 4 nitrogen and oxygen atoms in total. The number of amides is 2. The summed E-state index contributed by atoms with van der Waals surface area (Å²) < 4.78 is 0. The highest BCUT2D eigenvalue weighted by molar-refractivity contribution is 5.88. The van der Waals surface area contributed by atoms with Gasteiger partial charge in [-0.15, -0.1) is 0 Å². The Kier molecular flexibility index (Phi) is 3.64. The van der Waals surface area contributed by atoms with E-state index in [0.29, 0.717) is 12.5 Å². The Labute approximate surface area is 109 Å². The van der Waals surface area contributed by atoms with Crippen LogP contribution in [0.5, 0.6) is 0 Å². The van der Waals surface area contributed by atoms with E-state index in [0.717, 1.165) is 32.2 Å². The van der Waals surface area contributed by atoms with E-state index < -0.39 is 0 Å². The Morgan fingerprint density at radius 2 is 1.89 bits per heavy atom. The molecule has 0 aromatic rings. The molecule has 102 valence electrons. The fraction of sp³-hybridized carbons (Fsp3) is 0.857. The molecule has 1 aliphatic heterocycles. The lowest BCUT2D eigenvalue weighted by molar-refractivity contribution is -0.139. The number of likely N-dealkylation sites (tertiary alicyclic amines) is 1. The first-order valence-corrected chi connectivity index (χ1v) is 6.97. The lowest BCUT2D eigenvalue weighted by Gasteiger charge is -2.27. The lowest BCUT2D eigenvalue weighted by atomic mass is 9.91. The van der Waals surface area contributed by atoms with E-state index in [1.807, 2.05) is 0 Å². The van der Waals surface area contributed by atoms with Crippen molar-refractivity contribution in [1.29, 1.82) is 0 Å². The molecule has 1 heterocycles. The van der Waals surface area contributed by atoms with Gasteiger partial charge in [0.05, 0.1) is 0 Å². The number of nitrogens with one attached hydrogen (secondary N) is 1. The van der Waals surface area contributed by atoms with Crippen LogP contribution in [0, 0.1) is 5.41 Å². The molecule has 1 unspecified atom stereocenters. The van der Waals surface area contributed by atoms with Gasteiger partial charge in [-0.1, -0.05) is 20.8 Å². The monoisotopic (exact) mass is 252 g/mol. The highest BCUT2D eigenvalue weighted by Gasteiger charge is 2.37. The normalized spacial score (nSPS) is 24.2. The third-order valence-corrected chi connectivity index (χ3v) is 3.48. The minimum Gasteiger partial charge on any atom is -0.352 e. The second-order valence-corrected chi connectivity index (χ2v) is 6.77. The first-order valence-electron chi connectivity index (χ1n) is 6.97. The Hall–Kier alpha value is -1.06. The smallest absolute Gasteiger partial charge is 0.243 e. The topological polar surface area (TPSA) is 49.4 Å². The van der Waals surface area contributed by atoms with E-state index in [1.54, 1.807) is 4.90 Å². The molecule has 2 rings (SSSR count). The molecule has 1 saturated carbocycles. The fourth-order valence-corrected chi connectivity index (χ4v) is 2.42. The summed E-state index contributed by atoms with van der Waals surface area (Å²) >= 11 is 0. The molecule has 0 radical (unpaired) electrons. The van der Waals surface area contributed by atoms with Crippen LogP contribution in [-0.2, 0) is 9.59 Å². The maximum atomic E-state index is 12.2. The zero-order valence-corrected chi connectivity index (χ0v) is 11.7. The zero-order valence-electron chi connectivity index (χ0n) is 11.7. The van der Waals surface area contributed by atoms with Gasteiger partial charge < -0.3 is 10.2 Å². The summed E-state index contributed by atoms with van der Waals surface area (Å²) in [5.74, 6) is 0.174. The summed E-state index contributed by atoms with van der Waals surface area (Å²) in [6.07, 6.45) is 4.45. The van der Waals surface area contributed by atoms with Gasteiger partial charge in [-0.2, -0.15) is 0 Å². The minimum atomic E-state index is -0.222. The zero-order chi connectivity index (χ0) is 13.3. The molecule has 2 aliphatic rings. The lowest BCUT2D eigenvalue weighted by Crippen LogP contribution is -2.47. The second-order valence-electron chi connectivity index (χ2n) is 6.77. The molecular formula is C14H24N2O2. The largest absolute Gasteiger partial charge is 0.352 e. The Balaban J connectivity index is 1.93. The van der Waals surface area contributed by atoms with Crippen LogP contribution >= 0.6 is 0 Å². The molecule has 0 aromatic heterocycles. The maximum Gasteiger partial charge on any atom is 0.243 e. The first-order chi connectivity index (χ1) is 8.37. The summed E-state index contributed by atoms with van der Waals surface area (Å²) in [6, 6.07) is 0.151. The molecule has 2 amide bonds. The number of rotatable bonds is 3. The van der Waals surface area contributed by atoms with E-state index in [-0.39, 0.29) is 23.3 Å². The third kappa shape index (κ3) is 3.47. The quantitative estimate of drug-likeness (QED) is 0.831. The number of hydrogen-bond acceptors (Lipinski definition) is 2. The summed E-state index contributed by atoms with van der Waals surface area (Å²) in [7, 11) is 0. The van der Waals surface area contributed by atoms with Crippen molar-refractivity contribution in [3.05, 3.63) is 0 Å². The van der Waals surface area contributed by atoms with Gasteiger partial charge in [0.2, 0.25) is 11.8 Å². The molecule has 1 N–H and O–H groups in total. The van der Waals surface area contributed by atoms with E-state index >= 15 is 0 Å². The molecular weight excluding hydrogens is 228 g/mol. The van der Waals surface area contributed by atoms with Crippen molar-refractivity contribution in [3.63, 3.8) is 0 Å². The van der Waals surface area contributed by atoms with Gasteiger partial charge in [-0.25, -0.2) is 0 Å². The van der Waals surface area contributed by atoms with Gasteiger partial charge in [-0.05, 0) is 31.1 Å². The summed E-state index contributed by atoms with van der Waals surface area (Å²) in [6.45, 7) is 6.90. The van der Waals surface area contributed by atoms with Crippen LogP contribution in [0.3, 0.4) is 0 Å². The molecule has 1 atom stereocenters.